The fraction of sp³-hybridized carbons (Fsp3) is 0.368. The predicted octanol–water partition coefficient (Wildman–Crippen LogP) is 1.62. The first-order valence-corrected chi connectivity index (χ1v) is 9.74. The van der Waals surface area contributed by atoms with Crippen molar-refractivity contribution in [1.82, 2.24) is 14.8 Å². The van der Waals surface area contributed by atoms with Gasteiger partial charge < -0.3 is 14.7 Å². The van der Waals surface area contributed by atoms with Crippen LogP contribution in [0.2, 0.25) is 0 Å². The molecule has 0 bridgehead atoms. The molecule has 2 saturated heterocycles. The highest BCUT2D eigenvalue weighted by Gasteiger charge is 2.51. The summed E-state index contributed by atoms with van der Waals surface area (Å²) < 4.78 is 0. The second kappa shape index (κ2) is 6.77. The number of rotatable bonds is 2. The van der Waals surface area contributed by atoms with Crippen molar-refractivity contribution >= 4 is 34.7 Å². The van der Waals surface area contributed by atoms with E-state index in [1.54, 1.807) is 39.2 Å². The van der Waals surface area contributed by atoms with Crippen molar-refractivity contribution in [2.24, 2.45) is 0 Å². The van der Waals surface area contributed by atoms with Gasteiger partial charge >= 0.3 is 0 Å². The molecule has 1 spiro atoms. The number of likely N-dealkylation sites (tertiary alicyclic amines) is 1. The average molecular weight is 384 g/mol. The molecule has 0 aromatic carbocycles. The maximum absolute atomic E-state index is 12.8. The minimum Gasteiger partial charge on any atom is -0.336 e. The van der Waals surface area contributed by atoms with Gasteiger partial charge in [0.25, 0.3) is 5.91 Å². The van der Waals surface area contributed by atoms with Gasteiger partial charge in [-0.05, 0) is 30.0 Å². The summed E-state index contributed by atoms with van der Waals surface area (Å²) in [7, 11) is 0. The molecule has 0 saturated carbocycles. The molecule has 2 aromatic rings. The number of pyridine rings is 1. The molecule has 4 rings (SSSR count). The van der Waals surface area contributed by atoms with Gasteiger partial charge in [0.1, 0.15) is 6.54 Å². The van der Waals surface area contributed by atoms with E-state index in [0.29, 0.717) is 31.6 Å². The monoisotopic (exact) mass is 384 g/mol. The number of amides is 3. The molecule has 27 heavy (non-hydrogen) atoms. The fourth-order valence-electron chi connectivity index (χ4n) is 4.00. The highest BCUT2D eigenvalue weighted by Crippen LogP contribution is 2.35. The molecule has 4 heterocycles. The van der Waals surface area contributed by atoms with Crippen LogP contribution in [0.4, 0.5) is 5.69 Å². The Balaban J connectivity index is 1.61. The Kier molecular flexibility index (Phi) is 4.43. The first-order valence-electron chi connectivity index (χ1n) is 8.80. The second-order valence-corrected chi connectivity index (χ2v) is 7.79. The van der Waals surface area contributed by atoms with Gasteiger partial charge in [0.2, 0.25) is 11.8 Å². The van der Waals surface area contributed by atoms with E-state index in [1.165, 1.54) is 18.3 Å². The number of piperazine rings is 1. The number of thiophene rings is 1. The highest BCUT2D eigenvalue weighted by molar-refractivity contribution is 7.08. The average Bonchev–Trinajstić information content (AvgIpc) is 3.34. The molecule has 140 valence electrons. The Bertz CT molecular complexity index is 870. The summed E-state index contributed by atoms with van der Waals surface area (Å²) in [5.74, 6) is -0.322. The van der Waals surface area contributed by atoms with Crippen LogP contribution in [0.25, 0.3) is 0 Å². The van der Waals surface area contributed by atoms with Gasteiger partial charge in [0.05, 0.1) is 23.3 Å². The summed E-state index contributed by atoms with van der Waals surface area (Å²) in [6.45, 7) is 2.89. The van der Waals surface area contributed by atoms with E-state index in [1.807, 2.05) is 16.8 Å². The lowest BCUT2D eigenvalue weighted by atomic mass is 9.92. The fourth-order valence-corrected chi connectivity index (χ4v) is 4.64. The molecule has 0 radical (unpaired) electrons. The van der Waals surface area contributed by atoms with Crippen LogP contribution in [0.5, 0.6) is 0 Å². The van der Waals surface area contributed by atoms with E-state index < -0.39 is 5.54 Å². The molecule has 2 aliphatic heterocycles. The lowest BCUT2D eigenvalue weighted by molar-refractivity contribution is -0.142. The van der Waals surface area contributed by atoms with E-state index in [0.717, 1.165) is 5.69 Å². The number of hydrogen-bond acceptors (Lipinski definition) is 5. The molecule has 0 aliphatic carbocycles. The van der Waals surface area contributed by atoms with E-state index in [9.17, 15) is 14.4 Å². The van der Waals surface area contributed by atoms with Crippen molar-refractivity contribution in [2.75, 3.05) is 31.1 Å². The van der Waals surface area contributed by atoms with Crippen molar-refractivity contribution in [3.8, 4) is 0 Å². The van der Waals surface area contributed by atoms with Crippen LogP contribution in [0.3, 0.4) is 0 Å². The van der Waals surface area contributed by atoms with Crippen molar-refractivity contribution in [1.29, 1.82) is 0 Å². The zero-order valence-electron chi connectivity index (χ0n) is 15.0. The van der Waals surface area contributed by atoms with Crippen LogP contribution in [-0.2, 0) is 9.59 Å². The Morgan fingerprint density at radius 2 is 2.11 bits per heavy atom. The Hall–Kier alpha value is -2.74. The molecule has 2 aliphatic rings. The quantitative estimate of drug-likeness (QED) is 0.789. The van der Waals surface area contributed by atoms with Gasteiger partial charge in [-0.3, -0.25) is 19.4 Å². The van der Waals surface area contributed by atoms with Gasteiger partial charge in [0.15, 0.2) is 0 Å². The standard InChI is InChI=1S/C19H20N4O3S/c1-14(24)23-10-17(25)22(16-4-8-27-11-16)13-19(23)5-7-21(12-19)18(26)15-3-2-6-20-9-15/h2-4,6,8-9,11H,5,7,10,12-13H2,1H3. The molecule has 7 nitrogen and oxygen atoms in total. The molecule has 1 unspecified atom stereocenters. The van der Waals surface area contributed by atoms with Gasteiger partial charge in [-0.15, -0.1) is 0 Å². The van der Waals surface area contributed by atoms with E-state index in [4.69, 9.17) is 0 Å². The summed E-state index contributed by atoms with van der Waals surface area (Å²) >= 11 is 1.53. The van der Waals surface area contributed by atoms with E-state index in [-0.39, 0.29) is 24.3 Å². The molecule has 2 fully saturated rings. The maximum atomic E-state index is 12.8. The molecule has 3 amide bonds. The summed E-state index contributed by atoms with van der Waals surface area (Å²) in [5, 5.41) is 3.86. The van der Waals surface area contributed by atoms with Crippen molar-refractivity contribution in [3.05, 3.63) is 46.9 Å². The van der Waals surface area contributed by atoms with Crippen LogP contribution < -0.4 is 4.90 Å². The number of hydrogen-bond donors (Lipinski definition) is 0. The highest BCUT2D eigenvalue weighted by atomic mass is 32.1. The smallest absolute Gasteiger partial charge is 0.255 e. The SMILES string of the molecule is CC(=O)N1CC(=O)N(c2ccsc2)CC12CCN(C(=O)c1cccnc1)C2. The normalized spacial score (nSPS) is 22.6. The zero-order valence-corrected chi connectivity index (χ0v) is 15.8. The predicted molar refractivity (Wildman–Crippen MR) is 102 cm³/mol. The third kappa shape index (κ3) is 3.10. The lowest BCUT2D eigenvalue weighted by Crippen LogP contribution is -2.67. The van der Waals surface area contributed by atoms with Crippen molar-refractivity contribution in [2.45, 2.75) is 18.9 Å². The number of carbonyl (C=O) groups is 3. The summed E-state index contributed by atoms with van der Waals surface area (Å²) in [6.07, 6.45) is 3.83. The Labute approximate surface area is 161 Å². The number of aromatic nitrogens is 1. The van der Waals surface area contributed by atoms with Crippen LogP contribution in [-0.4, -0.2) is 64.2 Å². The van der Waals surface area contributed by atoms with Gasteiger partial charge in [-0.25, -0.2) is 0 Å². The molecule has 1 atom stereocenters. The summed E-state index contributed by atoms with van der Waals surface area (Å²) in [4.78, 5) is 46.9. The molecule has 0 N–H and O–H groups in total. The zero-order chi connectivity index (χ0) is 19.0. The van der Waals surface area contributed by atoms with E-state index in [2.05, 4.69) is 4.98 Å². The van der Waals surface area contributed by atoms with Gasteiger partial charge in [-0.1, -0.05) is 0 Å². The summed E-state index contributed by atoms with van der Waals surface area (Å²) in [6, 6.07) is 5.39. The Morgan fingerprint density at radius 1 is 1.26 bits per heavy atom. The third-order valence-corrected chi connectivity index (χ3v) is 6.02. The second-order valence-electron chi connectivity index (χ2n) is 7.01. The first kappa shape index (κ1) is 17.7. The molecular weight excluding hydrogens is 364 g/mol. The number of nitrogens with zero attached hydrogens (tertiary/aromatic N) is 4. The van der Waals surface area contributed by atoms with E-state index >= 15 is 0 Å². The number of anilines is 1. The third-order valence-electron chi connectivity index (χ3n) is 5.35. The van der Waals surface area contributed by atoms with Crippen LogP contribution in [0.15, 0.2) is 41.4 Å². The van der Waals surface area contributed by atoms with Gasteiger partial charge in [-0.2, -0.15) is 11.3 Å². The molecule has 8 heteroatoms. The largest absolute Gasteiger partial charge is 0.336 e. The minimum absolute atomic E-state index is 0.0418. The van der Waals surface area contributed by atoms with Crippen molar-refractivity contribution in [3.63, 3.8) is 0 Å². The number of carbonyl (C=O) groups excluding carboxylic acids is 3. The van der Waals surface area contributed by atoms with Crippen molar-refractivity contribution < 1.29 is 14.4 Å². The lowest BCUT2D eigenvalue weighted by Gasteiger charge is -2.47. The molecule has 2 aromatic heterocycles. The maximum Gasteiger partial charge on any atom is 0.255 e. The first-order chi connectivity index (χ1) is 13.0. The van der Waals surface area contributed by atoms with Gasteiger partial charge in [0, 0.05) is 37.8 Å². The minimum atomic E-state index is -0.556. The van der Waals surface area contributed by atoms with Crippen LogP contribution in [0, 0.1) is 0 Å². The van der Waals surface area contributed by atoms with Crippen LogP contribution in [0.1, 0.15) is 23.7 Å². The topological polar surface area (TPSA) is 73.8 Å². The van der Waals surface area contributed by atoms with Crippen LogP contribution >= 0.6 is 11.3 Å². The molecular formula is C19H20N4O3S. The summed E-state index contributed by atoms with van der Waals surface area (Å²) in [5.41, 5.74) is 0.828. The Morgan fingerprint density at radius 3 is 2.78 bits per heavy atom.